The molecule has 5 N–H and O–H groups in total. The first-order valence-electron chi connectivity index (χ1n) is 4.57. The largest absolute Gasteiger partial charge is 0.401 e. The minimum Gasteiger partial charge on any atom is -0.401 e. The van der Waals surface area contributed by atoms with Gasteiger partial charge in [-0.05, 0) is 18.9 Å². The summed E-state index contributed by atoms with van der Waals surface area (Å²) in [5.41, 5.74) is 13.5. The molecule has 3 unspecified atom stereocenters. The van der Waals surface area contributed by atoms with Crippen LogP contribution in [0.4, 0.5) is 0 Å². The fourth-order valence-electron chi connectivity index (χ4n) is 3.05. The van der Waals surface area contributed by atoms with Crippen LogP contribution in [0.3, 0.4) is 0 Å². The Hall–Kier alpha value is -0.540. The molecule has 3 nitrogen and oxygen atoms in total. The van der Waals surface area contributed by atoms with Crippen LogP contribution in [-0.2, 0) is 0 Å². The van der Waals surface area contributed by atoms with Gasteiger partial charge in [0.15, 0.2) is 0 Å². The fourth-order valence-corrected chi connectivity index (χ4v) is 3.05. The highest BCUT2D eigenvalue weighted by Crippen LogP contribution is 2.63. The zero-order valence-corrected chi connectivity index (χ0v) is 7.30. The van der Waals surface area contributed by atoms with Crippen LogP contribution in [0.1, 0.15) is 19.8 Å². The molecule has 12 heavy (non-hydrogen) atoms. The molecule has 1 saturated carbocycles. The number of nitrogens with one attached hydrogen (secondary N) is 1. The van der Waals surface area contributed by atoms with E-state index in [-0.39, 0.29) is 11.0 Å². The van der Waals surface area contributed by atoms with Crippen molar-refractivity contribution in [3.63, 3.8) is 0 Å². The molecule has 0 aromatic carbocycles. The van der Waals surface area contributed by atoms with E-state index in [4.69, 9.17) is 11.5 Å². The highest BCUT2D eigenvalue weighted by Gasteiger charge is 2.70. The van der Waals surface area contributed by atoms with Gasteiger partial charge in [0.25, 0.3) is 0 Å². The lowest BCUT2D eigenvalue weighted by atomic mass is 9.88. The van der Waals surface area contributed by atoms with Gasteiger partial charge < -0.3 is 16.8 Å². The summed E-state index contributed by atoms with van der Waals surface area (Å²) in [5, 5.41) is 3.50. The summed E-state index contributed by atoms with van der Waals surface area (Å²) in [6.45, 7) is 2.24. The smallest absolute Gasteiger partial charge is 0.0542 e. The third kappa shape index (κ3) is 0.538. The molecule has 0 aromatic rings. The van der Waals surface area contributed by atoms with Gasteiger partial charge in [0, 0.05) is 22.7 Å². The molecule has 2 heterocycles. The van der Waals surface area contributed by atoms with Crippen molar-refractivity contribution < 1.29 is 0 Å². The zero-order valence-electron chi connectivity index (χ0n) is 7.30. The van der Waals surface area contributed by atoms with E-state index in [1.54, 1.807) is 0 Å². The second-order valence-electron chi connectivity index (χ2n) is 4.83. The van der Waals surface area contributed by atoms with Crippen molar-refractivity contribution in [3.05, 3.63) is 11.8 Å². The third-order valence-electron chi connectivity index (χ3n) is 4.02. The van der Waals surface area contributed by atoms with Crippen LogP contribution in [0.25, 0.3) is 0 Å². The maximum atomic E-state index is 6.24. The monoisotopic (exact) mass is 165 g/mol. The number of hydrogen-bond donors (Lipinski definition) is 3. The molecule has 3 heteroatoms. The lowest BCUT2D eigenvalue weighted by Gasteiger charge is -2.33. The van der Waals surface area contributed by atoms with Gasteiger partial charge in [-0.2, -0.15) is 0 Å². The molecule has 0 radical (unpaired) electrons. The Morgan fingerprint density at radius 3 is 3.17 bits per heavy atom. The van der Waals surface area contributed by atoms with Gasteiger partial charge in [-0.25, -0.2) is 0 Å². The van der Waals surface area contributed by atoms with E-state index in [0.29, 0.717) is 12.1 Å². The molecule has 0 amide bonds. The Morgan fingerprint density at radius 2 is 2.42 bits per heavy atom. The highest BCUT2D eigenvalue weighted by atomic mass is 15.1. The number of rotatable bonds is 0. The average Bonchev–Trinajstić information content (AvgIpc) is 2.30. The van der Waals surface area contributed by atoms with Gasteiger partial charge in [-0.3, -0.25) is 0 Å². The van der Waals surface area contributed by atoms with Gasteiger partial charge >= 0.3 is 0 Å². The van der Waals surface area contributed by atoms with Crippen molar-refractivity contribution in [1.29, 1.82) is 0 Å². The molecule has 66 valence electrons. The minimum absolute atomic E-state index is 0.0746. The van der Waals surface area contributed by atoms with E-state index in [1.807, 2.05) is 0 Å². The molecule has 2 bridgehead atoms. The van der Waals surface area contributed by atoms with Crippen LogP contribution < -0.4 is 16.8 Å². The Balaban J connectivity index is 2.05. The van der Waals surface area contributed by atoms with E-state index < -0.39 is 0 Å². The normalized spacial score (nSPS) is 61.0. The van der Waals surface area contributed by atoms with Crippen LogP contribution >= 0.6 is 0 Å². The van der Waals surface area contributed by atoms with Crippen molar-refractivity contribution in [2.75, 3.05) is 0 Å². The van der Waals surface area contributed by atoms with Crippen molar-refractivity contribution in [2.24, 2.45) is 16.9 Å². The van der Waals surface area contributed by atoms with E-state index in [9.17, 15) is 0 Å². The SMILES string of the molecule is C[C@@]12CC1(N)CC1C=C(N)C2N1. The molecule has 3 aliphatic rings. The van der Waals surface area contributed by atoms with Crippen molar-refractivity contribution in [2.45, 2.75) is 37.4 Å². The van der Waals surface area contributed by atoms with Crippen LogP contribution in [0.15, 0.2) is 11.8 Å². The topological polar surface area (TPSA) is 64.1 Å². The number of piperidine rings is 1. The van der Waals surface area contributed by atoms with Gasteiger partial charge in [0.05, 0.1) is 6.04 Å². The quantitative estimate of drug-likeness (QED) is 0.461. The van der Waals surface area contributed by atoms with E-state index in [2.05, 4.69) is 18.3 Å². The second kappa shape index (κ2) is 1.56. The van der Waals surface area contributed by atoms with Crippen molar-refractivity contribution in [3.8, 4) is 0 Å². The molecular formula is C9H15N3. The average molecular weight is 165 g/mol. The molecular weight excluding hydrogens is 150 g/mol. The first-order chi connectivity index (χ1) is 5.55. The third-order valence-corrected chi connectivity index (χ3v) is 4.02. The number of fused-ring (bicyclic) bond motifs is 4. The highest BCUT2D eigenvalue weighted by molar-refractivity contribution is 5.38. The number of nitrogens with two attached hydrogens (primary N) is 2. The Labute approximate surface area is 72.2 Å². The van der Waals surface area contributed by atoms with E-state index >= 15 is 0 Å². The van der Waals surface area contributed by atoms with Gasteiger partial charge in [-0.1, -0.05) is 6.92 Å². The molecule has 1 aliphatic carbocycles. The minimum atomic E-state index is 0.0746. The summed E-state index contributed by atoms with van der Waals surface area (Å²) < 4.78 is 0. The predicted molar refractivity (Wildman–Crippen MR) is 47.2 cm³/mol. The van der Waals surface area contributed by atoms with E-state index in [1.165, 1.54) is 0 Å². The van der Waals surface area contributed by atoms with Crippen molar-refractivity contribution >= 4 is 0 Å². The molecule has 3 rings (SSSR count). The maximum Gasteiger partial charge on any atom is 0.0542 e. The Kier molecular flexibility index (Phi) is 0.902. The van der Waals surface area contributed by atoms with Crippen LogP contribution in [0.2, 0.25) is 0 Å². The fraction of sp³-hybridized carbons (Fsp3) is 0.778. The van der Waals surface area contributed by atoms with Crippen LogP contribution in [-0.4, -0.2) is 17.6 Å². The lowest BCUT2D eigenvalue weighted by Crippen LogP contribution is -2.52. The van der Waals surface area contributed by atoms with Crippen molar-refractivity contribution in [1.82, 2.24) is 5.32 Å². The molecule has 2 aliphatic heterocycles. The first kappa shape index (κ1) is 6.92. The van der Waals surface area contributed by atoms with E-state index in [0.717, 1.165) is 18.5 Å². The van der Waals surface area contributed by atoms with Gasteiger partial charge in [0.1, 0.15) is 0 Å². The summed E-state index contributed by atoms with van der Waals surface area (Å²) in [7, 11) is 0. The summed E-state index contributed by atoms with van der Waals surface area (Å²) >= 11 is 0. The van der Waals surface area contributed by atoms with Gasteiger partial charge in [-0.15, -0.1) is 0 Å². The summed E-state index contributed by atoms with van der Waals surface area (Å²) in [5.74, 6) is 0. The maximum absolute atomic E-state index is 6.24. The number of hydrogen-bond acceptors (Lipinski definition) is 3. The second-order valence-corrected chi connectivity index (χ2v) is 4.83. The predicted octanol–water partition coefficient (Wildman–Crippen LogP) is -0.319. The molecule has 0 aromatic heterocycles. The first-order valence-corrected chi connectivity index (χ1v) is 4.57. The summed E-state index contributed by atoms with van der Waals surface area (Å²) in [6, 6.07) is 0.789. The summed E-state index contributed by atoms with van der Waals surface area (Å²) in [4.78, 5) is 0. The lowest BCUT2D eigenvalue weighted by molar-refractivity contribution is 0.276. The Bertz CT molecular complexity index is 285. The van der Waals surface area contributed by atoms with Crippen LogP contribution in [0.5, 0.6) is 0 Å². The molecule has 1 saturated heterocycles. The summed E-state index contributed by atoms with van der Waals surface area (Å²) in [6.07, 6.45) is 4.32. The molecule has 0 spiro atoms. The standard InChI is InChI=1S/C9H15N3/c1-8-4-9(8,11)3-5-2-6(10)7(8)12-5/h2,5,7,12H,3-4,10-11H2,1H3/t5?,7?,8-,9?/m0/s1. The van der Waals surface area contributed by atoms with Gasteiger partial charge in [0.2, 0.25) is 0 Å². The molecule has 2 fully saturated rings. The zero-order chi connectivity index (χ0) is 8.56. The Morgan fingerprint density at radius 1 is 1.67 bits per heavy atom. The van der Waals surface area contributed by atoms with Crippen LogP contribution in [0, 0.1) is 5.41 Å². The molecule has 4 atom stereocenters.